The minimum absolute atomic E-state index is 0.781. The summed E-state index contributed by atoms with van der Waals surface area (Å²) < 4.78 is 0. The van der Waals surface area contributed by atoms with E-state index >= 15 is 0 Å². The van der Waals surface area contributed by atoms with Gasteiger partial charge in [-0.15, -0.1) is 23.1 Å². The van der Waals surface area contributed by atoms with Gasteiger partial charge in [0.1, 0.15) is 5.01 Å². The highest BCUT2D eigenvalue weighted by Gasteiger charge is 2.05. The molecule has 2 N–H and O–H groups in total. The summed E-state index contributed by atoms with van der Waals surface area (Å²) in [4.78, 5) is 5.96. The van der Waals surface area contributed by atoms with Gasteiger partial charge < -0.3 is 5.73 Å². The van der Waals surface area contributed by atoms with Crippen molar-refractivity contribution in [2.24, 2.45) is 0 Å². The van der Waals surface area contributed by atoms with E-state index in [-0.39, 0.29) is 0 Å². The zero-order valence-electron chi connectivity index (χ0n) is 10.8. The second-order valence-corrected chi connectivity index (χ2v) is 6.34. The van der Waals surface area contributed by atoms with Gasteiger partial charge in [0.15, 0.2) is 0 Å². The van der Waals surface area contributed by atoms with E-state index < -0.39 is 0 Å². The fourth-order valence-corrected chi connectivity index (χ4v) is 3.57. The highest BCUT2D eigenvalue weighted by molar-refractivity contribution is 7.98. The highest BCUT2D eigenvalue weighted by Crippen LogP contribution is 2.27. The van der Waals surface area contributed by atoms with Gasteiger partial charge in [0.25, 0.3) is 0 Å². The molecule has 1 heterocycles. The lowest BCUT2D eigenvalue weighted by Crippen LogP contribution is -1.85. The fourth-order valence-electron chi connectivity index (χ4n) is 1.83. The van der Waals surface area contributed by atoms with Crippen LogP contribution in [0.25, 0.3) is 11.3 Å². The third kappa shape index (κ3) is 3.21. The number of nitrogens with zero attached hydrogens (tertiary/aromatic N) is 1. The van der Waals surface area contributed by atoms with Gasteiger partial charge in [-0.3, -0.25) is 0 Å². The molecule has 1 aromatic heterocycles. The fraction of sp³-hybridized carbons (Fsp3) is 0.0625. The van der Waals surface area contributed by atoms with Crippen LogP contribution >= 0.6 is 23.1 Å². The average molecular weight is 298 g/mol. The summed E-state index contributed by atoms with van der Waals surface area (Å²) in [7, 11) is 0. The number of benzene rings is 2. The number of aromatic nitrogens is 1. The van der Waals surface area contributed by atoms with Gasteiger partial charge in [-0.25, -0.2) is 4.98 Å². The van der Waals surface area contributed by atoms with E-state index in [1.165, 1.54) is 4.90 Å². The molecule has 4 heteroatoms. The molecule has 0 atom stereocenters. The molecule has 0 spiro atoms. The first-order chi connectivity index (χ1) is 9.81. The minimum Gasteiger partial charge on any atom is -0.399 e. The van der Waals surface area contributed by atoms with Crippen LogP contribution in [0.4, 0.5) is 5.69 Å². The second-order valence-electron chi connectivity index (χ2n) is 4.35. The molecule has 3 aromatic rings. The number of anilines is 1. The molecule has 0 aliphatic rings. The second kappa shape index (κ2) is 6.11. The third-order valence-corrected chi connectivity index (χ3v) is 4.92. The number of hydrogen-bond acceptors (Lipinski definition) is 4. The number of rotatable bonds is 4. The van der Waals surface area contributed by atoms with Gasteiger partial charge in [0.05, 0.1) is 11.4 Å². The van der Waals surface area contributed by atoms with Crippen LogP contribution in [0.15, 0.2) is 64.9 Å². The summed E-state index contributed by atoms with van der Waals surface area (Å²) in [6.45, 7) is 0. The number of thiazole rings is 1. The normalized spacial score (nSPS) is 10.6. The summed E-state index contributed by atoms with van der Waals surface area (Å²) >= 11 is 3.52. The van der Waals surface area contributed by atoms with Crippen molar-refractivity contribution >= 4 is 28.8 Å². The Bertz CT molecular complexity index is 675. The van der Waals surface area contributed by atoms with Crippen LogP contribution in [0.2, 0.25) is 0 Å². The quantitative estimate of drug-likeness (QED) is 0.561. The number of nitrogen functional groups attached to an aromatic ring is 1. The van der Waals surface area contributed by atoms with Crippen molar-refractivity contribution in [1.82, 2.24) is 4.98 Å². The van der Waals surface area contributed by atoms with Crippen molar-refractivity contribution < 1.29 is 0 Å². The lowest BCUT2D eigenvalue weighted by atomic mass is 10.1. The van der Waals surface area contributed by atoms with E-state index in [2.05, 4.69) is 34.6 Å². The molecular formula is C16H14N2S2. The predicted octanol–water partition coefficient (Wildman–Crippen LogP) is 4.68. The minimum atomic E-state index is 0.781. The van der Waals surface area contributed by atoms with Gasteiger partial charge in [-0.2, -0.15) is 0 Å². The van der Waals surface area contributed by atoms with Crippen molar-refractivity contribution in [3.8, 4) is 11.3 Å². The molecule has 0 saturated heterocycles. The van der Waals surface area contributed by atoms with Crippen LogP contribution in [0.1, 0.15) is 5.01 Å². The lowest BCUT2D eigenvalue weighted by Gasteiger charge is -1.99. The summed E-state index contributed by atoms with van der Waals surface area (Å²) in [5.41, 5.74) is 8.63. The van der Waals surface area contributed by atoms with Gasteiger partial charge in [0, 0.05) is 21.5 Å². The first kappa shape index (κ1) is 13.2. The van der Waals surface area contributed by atoms with Gasteiger partial charge in [0.2, 0.25) is 0 Å². The van der Waals surface area contributed by atoms with E-state index in [1.54, 1.807) is 11.3 Å². The average Bonchev–Trinajstić information content (AvgIpc) is 2.96. The Hall–Kier alpha value is -1.78. The van der Waals surface area contributed by atoms with Crippen molar-refractivity contribution in [3.05, 3.63) is 65.0 Å². The SMILES string of the molecule is Nc1ccc(-c2csc(CSc3ccccc3)n2)cc1. The maximum atomic E-state index is 5.70. The van der Waals surface area contributed by atoms with Crippen LogP contribution < -0.4 is 5.73 Å². The predicted molar refractivity (Wildman–Crippen MR) is 88.0 cm³/mol. The van der Waals surface area contributed by atoms with Gasteiger partial charge in [-0.05, 0) is 24.3 Å². The Balaban J connectivity index is 1.69. The van der Waals surface area contributed by atoms with Crippen LogP contribution in [0.3, 0.4) is 0 Å². The van der Waals surface area contributed by atoms with Crippen molar-refractivity contribution in [3.63, 3.8) is 0 Å². The molecule has 0 amide bonds. The standard InChI is InChI=1S/C16H14N2S2/c17-13-8-6-12(7-9-13)15-10-20-16(18-15)11-19-14-4-2-1-3-5-14/h1-10H,11,17H2. The molecule has 0 aliphatic carbocycles. The summed E-state index contributed by atoms with van der Waals surface area (Å²) in [6, 6.07) is 18.2. The smallest absolute Gasteiger partial charge is 0.104 e. The van der Waals surface area contributed by atoms with E-state index in [9.17, 15) is 0 Å². The number of nitrogens with two attached hydrogens (primary N) is 1. The Morgan fingerprint density at radius 2 is 1.75 bits per heavy atom. The van der Waals surface area contributed by atoms with Crippen LogP contribution in [-0.4, -0.2) is 4.98 Å². The number of hydrogen-bond donors (Lipinski definition) is 1. The van der Waals surface area contributed by atoms with Crippen molar-refractivity contribution in [1.29, 1.82) is 0 Å². The first-order valence-electron chi connectivity index (χ1n) is 6.29. The molecule has 2 nitrogen and oxygen atoms in total. The van der Waals surface area contributed by atoms with Crippen LogP contribution in [0, 0.1) is 0 Å². The lowest BCUT2D eigenvalue weighted by molar-refractivity contribution is 1.26. The molecule has 0 radical (unpaired) electrons. The maximum absolute atomic E-state index is 5.70. The van der Waals surface area contributed by atoms with Gasteiger partial charge >= 0.3 is 0 Å². The molecule has 0 aliphatic heterocycles. The molecular weight excluding hydrogens is 284 g/mol. The molecule has 100 valence electrons. The molecule has 2 aromatic carbocycles. The molecule has 0 bridgehead atoms. The van der Waals surface area contributed by atoms with Gasteiger partial charge in [-0.1, -0.05) is 30.3 Å². The van der Waals surface area contributed by atoms with E-state index in [0.717, 1.165) is 27.7 Å². The Labute approximate surface area is 126 Å². The summed E-state index contributed by atoms with van der Waals surface area (Å²) in [6.07, 6.45) is 0. The first-order valence-corrected chi connectivity index (χ1v) is 8.16. The van der Waals surface area contributed by atoms with E-state index in [1.807, 2.05) is 42.1 Å². The summed E-state index contributed by atoms with van der Waals surface area (Å²) in [5, 5.41) is 3.25. The molecule has 0 fully saturated rings. The van der Waals surface area contributed by atoms with E-state index in [4.69, 9.17) is 5.73 Å². The van der Waals surface area contributed by atoms with Crippen molar-refractivity contribution in [2.45, 2.75) is 10.6 Å². The Morgan fingerprint density at radius 3 is 2.50 bits per heavy atom. The molecule has 0 saturated carbocycles. The topological polar surface area (TPSA) is 38.9 Å². The highest BCUT2D eigenvalue weighted by atomic mass is 32.2. The largest absolute Gasteiger partial charge is 0.399 e. The molecule has 0 unspecified atom stereocenters. The maximum Gasteiger partial charge on any atom is 0.104 e. The van der Waals surface area contributed by atoms with Crippen LogP contribution in [0.5, 0.6) is 0 Å². The molecule has 20 heavy (non-hydrogen) atoms. The zero-order valence-corrected chi connectivity index (χ0v) is 12.5. The summed E-state index contributed by atoms with van der Waals surface area (Å²) in [5.74, 6) is 0.906. The number of thioether (sulfide) groups is 1. The van der Waals surface area contributed by atoms with Crippen LogP contribution in [-0.2, 0) is 5.75 Å². The Morgan fingerprint density at radius 1 is 1.00 bits per heavy atom. The Kier molecular flexibility index (Phi) is 4.04. The van der Waals surface area contributed by atoms with Crippen molar-refractivity contribution in [2.75, 3.05) is 5.73 Å². The van der Waals surface area contributed by atoms with E-state index in [0.29, 0.717) is 0 Å². The monoisotopic (exact) mass is 298 g/mol. The zero-order chi connectivity index (χ0) is 13.8. The molecule has 3 rings (SSSR count). The third-order valence-electron chi connectivity index (χ3n) is 2.86.